The first-order valence-corrected chi connectivity index (χ1v) is 7.36. The molecule has 0 unspecified atom stereocenters. The lowest BCUT2D eigenvalue weighted by Crippen LogP contribution is -2.33. The molecule has 1 saturated heterocycles. The van der Waals surface area contributed by atoms with Gasteiger partial charge in [-0.05, 0) is 25.0 Å². The molecule has 1 fully saturated rings. The number of hydrogen-bond acceptors (Lipinski definition) is 2. The lowest BCUT2D eigenvalue weighted by Gasteiger charge is -2.18. The van der Waals surface area contributed by atoms with Crippen molar-refractivity contribution < 1.29 is 9.59 Å². The average Bonchev–Trinajstić information content (AvgIpc) is 2.81. The first-order valence-electron chi connectivity index (χ1n) is 6.83. The van der Waals surface area contributed by atoms with E-state index in [0.29, 0.717) is 19.0 Å². The summed E-state index contributed by atoms with van der Waals surface area (Å²) in [5.74, 6) is 0.216. The Balaban J connectivity index is 2.00. The maximum absolute atomic E-state index is 12.1. The molecular formula is C15H19ClN2O2. The molecule has 0 saturated carbocycles. The molecule has 1 aliphatic heterocycles. The Morgan fingerprint density at radius 3 is 2.90 bits per heavy atom. The summed E-state index contributed by atoms with van der Waals surface area (Å²) in [4.78, 5) is 25.8. The molecule has 0 spiro atoms. The van der Waals surface area contributed by atoms with Gasteiger partial charge in [-0.25, -0.2) is 0 Å². The van der Waals surface area contributed by atoms with E-state index in [1.54, 1.807) is 4.90 Å². The van der Waals surface area contributed by atoms with Gasteiger partial charge >= 0.3 is 0 Å². The van der Waals surface area contributed by atoms with Crippen LogP contribution in [0.15, 0.2) is 24.3 Å². The standard InChI is InChI=1S/C15H19ClN2O2/c1-11-5-2-3-6-13(11)18-10-12(9-14(18)19)15(20)17-8-4-7-16/h2-3,5-6,12H,4,7-10H2,1H3,(H,17,20)/t12-/m0/s1. The molecule has 0 aliphatic carbocycles. The summed E-state index contributed by atoms with van der Waals surface area (Å²) in [6.07, 6.45) is 1.02. The van der Waals surface area contributed by atoms with Gasteiger partial charge in [-0.1, -0.05) is 18.2 Å². The summed E-state index contributed by atoms with van der Waals surface area (Å²) in [6.45, 7) is 2.99. The van der Waals surface area contributed by atoms with Crippen LogP contribution in [0.25, 0.3) is 0 Å². The lowest BCUT2D eigenvalue weighted by atomic mass is 10.1. The van der Waals surface area contributed by atoms with Crippen LogP contribution in [-0.2, 0) is 9.59 Å². The van der Waals surface area contributed by atoms with Crippen molar-refractivity contribution >= 4 is 29.1 Å². The minimum Gasteiger partial charge on any atom is -0.356 e. The second kappa shape index (κ2) is 6.75. The molecule has 2 amide bonds. The van der Waals surface area contributed by atoms with Crippen molar-refractivity contribution in [1.82, 2.24) is 5.32 Å². The van der Waals surface area contributed by atoms with Crippen LogP contribution in [0.5, 0.6) is 0 Å². The Morgan fingerprint density at radius 2 is 2.20 bits per heavy atom. The molecular weight excluding hydrogens is 276 g/mol. The summed E-state index contributed by atoms with van der Waals surface area (Å²) in [5.41, 5.74) is 1.94. The number of benzene rings is 1. The van der Waals surface area contributed by atoms with Crippen LogP contribution in [-0.4, -0.2) is 30.8 Å². The minimum absolute atomic E-state index is 0.0109. The zero-order valence-corrected chi connectivity index (χ0v) is 12.3. The quantitative estimate of drug-likeness (QED) is 0.668. The second-order valence-corrected chi connectivity index (χ2v) is 5.40. The molecule has 1 atom stereocenters. The van der Waals surface area contributed by atoms with Crippen LogP contribution in [0.3, 0.4) is 0 Å². The van der Waals surface area contributed by atoms with Crippen LogP contribution in [0.4, 0.5) is 5.69 Å². The third-order valence-corrected chi connectivity index (χ3v) is 3.78. The molecule has 0 bridgehead atoms. The Hall–Kier alpha value is -1.55. The van der Waals surface area contributed by atoms with Gasteiger partial charge in [0.25, 0.3) is 0 Å². The maximum atomic E-state index is 12.1. The fraction of sp³-hybridized carbons (Fsp3) is 0.467. The van der Waals surface area contributed by atoms with Gasteiger partial charge in [0.1, 0.15) is 0 Å². The van der Waals surface area contributed by atoms with Gasteiger partial charge in [0.05, 0.1) is 5.92 Å². The van der Waals surface area contributed by atoms with E-state index in [1.165, 1.54) is 0 Å². The van der Waals surface area contributed by atoms with Crippen molar-refractivity contribution in [3.63, 3.8) is 0 Å². The van der Waals surface area contributed by atoms with E-state index in [9.17, 15) is 9.59 Å². The Bertz CT molecular complexity index is 504. The summed E-state index contributed by atoms with van der Waals surface area (Å²) in [5, 5.41) is 2.83. The highest BCUT2D eigenvalue weighted by atomic mass is 35.5. The molecule has 1 aromatic carbocycles. The lowest BCUT2D eigenvalue weighted by molar-refractivity contribution is -0.126. The van der Waals surface area contributed by atoms with Crippen molar-refractivity contribution in [3.05, 3.63) is 29.8 Å². The Labute approximate surface area is 124 Å². The number of amides is 2. The SMILES string of the molecule is Cc1ccccc1N1C[C@@H](C(=O)NCCCCl)CC1=O. The van der Waals surface area contributed by atoms with E-state index in [2.05, 4.69) is 5.32 Å². The number of nitrogens with zero attached hydrogens (tertiary/aromatic N) is 1. The number of nitrogens with one attached hydrogen (secondary N) is 1. The van der Waals surface area contributed by atoms with Gasteiger partial charge in [0.15, 0.2) is 0 Å². The van der Waals surface area contributed by atoms with Crippen LogP contribution in [0, 0.1) is 12.8 Å². The third-order valence-electron chi connectivity index (χ3n) is 3.51. The van der Waals surface area contributed by atoms with Crippen molar-refractivity contribution in [2.24, 2.45) is 5.92 Å². The second-order valence-electron chi connectivity index (χ2n) is 5.03. The molecule has 2 rings (SSSR count). The van der Waals surface area contributed by atoms with E-state index in [4.69, 9.17) is 11.6 Å². The Morgan fingerprint density at radius 1 is 1.45 bits per heavy atom. The van der Waals surface area contributed by atoms with Gasteiger partial charge in [-0.3, -0.25) is 9.59 Å². The largest absolute Gasteiger partial charge is 0.356 e. The summed E-state index contributed by atoms with van der Waals surface area (Å²) >= 11 is 5.57. The molecule has 1 aliphatic rings. The van der Waals surface area contributed by atoms with Crippen LogP contribution >= 0.6 is 11.6 Å². The zero-order valence-electron chi connectivity index (χ0n) is 11.6. The molecule has 20 heavy (non-hydrogen) atoms. The van der Waals surface area contributed by atoms with Gasteiger partial charge in [0.2, 0.25) is 11.8 Å². The molecule has 0 radical (unpaired) electrons. The van der Waals surface area contributed by atoms with E-state index >= 15 is 0 Å². The highest BCUT2D eigenvalue weighted by Gasteiger charge is 2.35. The molecule has 4 nitrogen and oxygen atoms in total. The van der Waals surface area contributed by atoms with E-state index in [-0.39, 0.29) is 24.2 Å². The number of hydrogen-bond donors (Lipinski definition) is 1. The van der Waals surface area contributed by atoms with E-state index in [1.807, 2.05) is 31.2 Å². The number of rotatable bonds is 5. The fourth-order valence-corrected chi connectivity index (χ4v) is 2.54. The first-order chi connectivity index (χ1) is 9.63. The molecule has 0 aromatic heterocycles. The minimum atomic E-state index is -0.266. The molecule has 1 N–H and O–H groups in total. The van der Waals surface area contributed by atoms with Crippen LogP contribution < -0.4 is 10.2 Å². The van der Waals surface area contributed by atoms with Crippen LogP contribution in [0.2, 0.25) is 0 Å². The smallest absolute Gasteiger partial charge is 0.227 e. The number of carbonyl (C=O) groups excluding carboxylic acids is 2. The van der Waals surface area contributed by atoms with Gasteiger partial charge in [-0.2, -0.15) is 0 Å². The number of aryl methyl sites for hydroxylation is 1. The van der Waals surface area contributed by atoms with Crippen LogP contribution in [0.1, 0.15) is 18.4 Å². The number of halogens is 1. The predicted molar refractivity (Wildman–Crippen MR) is 80.0 cm³/mol. The molecule has 108 valence electrons. The van der Waals surface area contributed by atoms with Crippen molar-refractivity contribution in [3.8, 4) is 0 Å². The zero-order chi connectivity index (χ0) is 14.5. The normalized spacial score (nSPS) is 18.4. The molecule has 1 aromatic rings. The number of alkyl halides is 1. The average molecular weight is 295 g/mol. The molecule has 1 heterocycles. The Kier molecular flexibility index (Phi) is 5.01. The summed E-state index contributed by atoms with van der Waals surface area (Å²) in [7, 11) is 0. The van der Waals surface area contributed by atoms with E-state index in [0.717, 1.165) is 17.7 Å². The number of anilines is 1. The highest BCUT2D eigenvalue weighted by Crippen LogP contribution is 2.27. The highest BCUT2D eigenvalue weighted by molar-refractivity contribution is 6.17. The monoisotopic (exact) mass is 294 g/mol. The topological polar surface area (TPSA) is 49.4 Å². The van der Waals surface area contributed by atoms with Crippen molar-refractivity contribution in [2.45, 2.75) is 19.8 Å². The van der Waals surface area contributed by atoms with Gasteiger partial charge < -0.3 is 10.2 Å². The predicted octanol–water partition coefficient (Wildman–Crippen LogP) is 2.09. The maximum Gasteiger partial charge on any atom is 0.227 e. The van der Waals surface area contributed by atoms with Gasteiger partial charge in [-0.15, -0.1) is 11.6 Å². The van der Waals surface area contributed by atoms with E-state index < -0.39 is 0 Å². The third kappa shape index (κ3) is 3.31. The van der Waals surface area contributed by atoms with Gasteiger partial charge in [0, 0.05) is 31.1 Å². The number of para-hydroxylation sites is 1. The number of carbonyl (C=O) groups is 2. The molecule has 5 heteroatoms. The van der Waals surface area contributed by atoms with Crippen molar-refractivity contribution in [2.75, 3.05) is 23.9 Å². The fourth-order valence-electron chi connectivity index (χ4n) is 2.41. The summed E-state index contributed by atoms with van der Waals surface area (Å²) < 4.78 is 0. The first kappa shape index (κ1) is 14.9. The summed E-state index contributed by atoms with van der Waals surface area (Å²) in [6, 6.07) is 7.73. The van der Waals surface area contributed by atoms with Crippen molar-refractivity contribution in [1.29, 1.82) is 0 Å².